The lowest BCUT2D eigenvalue weighted by Gasteiger charge is -2.41. The summed E-state index contributed by atoms with van der Waals surface area (Å²) in [5, 5.41) is 0.630. The average molecular weight is 358 g/mol. The van der Waals surface area contributed by atoms with Crippen molar-refractivity contribution in [1.82, 2.24) is 4.31 Å². The minimum absolute atomic E-state index is 0.0241. The molecule has 1 saturated heterocycles. The zero-order valence-electron chi connectivity index (χ0n) is 12.1. The Morgan fingerprint density at radius 2 is 2.11 bits per heavy atom. The number of ether oxygens (including phenoxy) is 2. The molecule has 114 valence electrons. The molecular formula is C12H24BrNO4S. The number of rotatable bonds is 6. The minimum atomic E-state index is -3.29. The quantitative estimate of drug-likeness (QED) is 0.677. The summed E-state index contributed by atoms with van der Waals surface area (Å²) < 4.78 is 37.2. The first-order chi connectivity index (χ1) is 8.66. The Bertz CT molecular complexity index is 383. The van der Waals surface area contributed by atoms with E-state index in [0.29, 0.717) is 18.4 Å². The predicted molar refractivity (Wildman–Crippen MR) is 79.2 cm³/mol. The van der Waals surface area contributed by atoms with E-state index >= 15 is 0 Å². The Hall–Kier alpha value is 0.310. The normalized spacial score (nSPS) is 24.8. The van der Waals surface area contributed by atoms with Crippen LogP contribution in [0.1, 0.15) is 27.7 Å². The van der Waals surface area contributed by atoms with Crippen LogP contribution in [0.5, 0.6) is 0 Å². The molecule has 0 amide bonds. The highest BCUT2D eigenvalue weighted by molar-refractivity contribution is 9.09. The molecular weight excluding hydrogens is 334 g/mol. The minimum Gasteiger partial charge on any atom is -0.378 e. The lowest BCUT2D eigenvalue weighted by atomic mass is 10.1. The second-order valence-electron chi connectivity index (χ2n) is 5.68. The molecule has 1 fully saturated rings. The first kappa shape index (κ1) is 17.4. The number of sulfonamides is 1. The lowest BCUT2D eigenvalue weighted by Crippen LogP contribution is -2.55. The van der Waals surface area contributed by atoms with Gasteiger partial charge in [-0.2, -0.15) is 4.31 Å². The predicted octanol–water partition coefficient (Wildman–Crippen LogP) is 1.62. The summed E-state index contributed by atoms with van der Waals surface area (Å²) in [5.74, 6) is 0.0241. The maximum absolute atomic E-state index is 12.3. The molecule has 0 saturated carbocycles. The molecule has 0 aliphatic carbocycles. The molecule has 19 heavy (non-hydrogen) atoms. The van der Waals surface area contributed by atoms with Crippen molar-refractivity contribution in [2.24, 2.45) is 0 Å². The van der Waals surface area contributed by atoms with E-state index in [4.69, 9.17) is 9.47 Å². The largest absolute Gasteiger partial charge is 0.378 e. The number of nitrogens with zero attached hydrogens (tertiary/aromatic N) is 1. The van der Waals surface area contributed by atoms with Crippen molar-refractivity contribution in [2.45, 2.75) is 45.5 Å². The highest BCUT2D eigenvalue weighted by Crippen LogP contribution is 2.24. The summed E-state index contributed by atoms with van der Waals surface area (Å²) in [6, 6.07) is 0. The second kappa shape index (κ2) is 6.85. The molecule has 1 rings (SSSR count). The molecule has 5 nitrogen and oxygen atoms in total. The van der Waals surface area contributed by atoms with E-state index in [2.05, 4.69) is 15.9 Å². The summed E-state index contributed by atoms with van der Waals surface area (Å²) >= 11 is 3.36. The fourth-order valence-electron chi connectivity index (χ4n) is 2.05. The van der Waals surface area contributed by atoms with Gasteiger partial charge in [-0.25, -0.2) is 8.42 Å². The van der Waals surface area contributed by atoms with Gasteiger partial charge in [0.05, 0.1) is 30.2 Å². The van der Waals surface area contributed by atoms with Crippen molar-refractivity contribution in [2.75, 3.05) is 30.8 Å². The Morgan fingerprint density at radius 3 is 2.63 bits per heavy atom. The third-order valence-corrected chi connectivity index (χ3v) is 5.28. The molecule has 0 aromatic carbocycles. The van der Waals surface area contributed by atoms with Gasteiger partial charge < -0.3 is 9.47 Å². The van der Waals surface area contributed by atoms with Crippen LogP contribution in [0.15, 0.2) is 0 Å². The number of alkyl halides is 1. The Kier molecular flexibility index (Phi) is 6.26. The fourth-order valence-corrected chi connectivity index (χ4v) is 3.86. The van der Waals surface area contributed by atoms with E-state index in [9.17, 15) is 8.42 Å². The maximum atomic E-state index is 12.3. The Morgan fingerprint density at radius 1 is 1.47 bits per heavy atom. The van der Waals surface area contributed by atoms with Gasteiger partial charge in [0.2, 0.25) is 10.0 Å². The average Bonchev–Trinajstić information content (AvgIpc) is 2.25. The Labute approximate surface area is 124 Å². The van der Waals surface area contributed by atoms with Gasteiger partial charge in [-0.1, -0.05) is 15.9 Å². The van der Waals surface area contributed by atoms with Crippen molar-refractivity contribution < 1.29 is 17.9 Å². The zero-order chi connectivity index (χ0) is 14.7. The summed E-state index contributed by atoms with van der Waals surface area (Å²) in [5.41, 5.74) is -0.456. The summed E-state index contributed by atoms with van der Waals surface area (Å²) in [7, 11) is -3.29. The van der Waals surface area contributed by atoms with Gasteiger partial charge in [-0.05, 0) is 27.7 Å². The standard InChI is InChI=1S/C12H24BrNO4S/c1-10(2)17-5-6-19(15,16)14-8-11(7-13)18-12(3,4)9-14/h10-11H,5-9H2,1-4H3. The monoisotopic (exact) mass is 357 g/mol. The van der Waals surface area contributed by atoms with Gasteiger partial charge in [-0.3, -0.25) is 0 Å². The van der Waals surface area contributed by atoms with E-state index in [-0.39, 0.29) is 24.6 Å². The molecule has 1 aliphatic rings. The highest BCUT2D eigenvalue weighted by atomic mass is 79.9. The number of halogens is 1. The third-order valence-electron chi connectivity index (χ3n) is 2.81. The molecule has 1 atom stereocenters. The summed E-state index contributed by atoms with van der Waals surface area (Å²) in [4.78, 5) is 0. The van der Waals surface area contributed by atoms with Gasteiger partial charge in [-0.15, -0.1) is 0 Å². The first-order valence-electron chi connectivity index (χ1n) is 6.49. The van der Waals surface area contributed by atoms with Gasteiger partial charge >= 0.3 is 0 Å². The molecule has 0 aromatic rings. The van der Waals surface area contributed by atoms with Crippen LogP contribution in [0.25, 0.3) is 0 Å². The summed E-state index contributed by atoms with van der Waals surface area (Å²) in [6.07, 6.45) is -0.0591. The smallest absolute Gasteiger partial charge is 0.216 e. The van der Waals surface area contributed by atoms with Crippen LogP contribution >= 0.6 is 15.9 Å². The topological polar surface area (TPSA) is 55.8 Å². The molecule has 0 N–H and O–H groups in total. The number of hydrogen-bond donors (Lipinski definition) is 0. The van der Waals surface area contributed by atoms with Gasteiger partial charge in [0.15, 0.2) is 0 Å². The van der Waals surface area contributed by atoms with Gasteiger partial charge in [0, 0.05) is 18.4 Å². The van der Waals surface area contributed by atoms with Crippen LogP contribution in [0.2, 0.25) is 0 Å². The van der Waals surface area contributed by atoms with Crippen LogP contribution in [0.4, 0.5) is 0 Å². The van der Waals surface area contributed by atoms with Gasteiger partial charge in [0.1, 0.15) is 0 Å². The zero-order valence-corrected chi connectivity index (χ0v) is 14.5. The molecule has 1 unspecified atom stereocenters. The number of hydrogen-bond acceptors (Lipinski definition) is 4. The molecule has 0 radical (unpaired) electrons. The van der Waals surface area contributed by atoms with E-state index in [0.717, 1.165) is 0 Å². The van der Waals surface area contributed by atoms with Crippen LogP contribution in [0, 0.1) is 0 Å². The maximum Gasteiger partial charge on any atom is 0.216 e. The van der Waals surface area contributed by atoms with E-state index in [1.807, 2.05) is 27.7 Å². The van der Waals surface area contributed by atoms with Crippen molar-refractivity contribution in [3.8, 4) is 0 Å². The van der Waals surface area contributed by atoms with E-state index in [1.165, 1.54) is 4.31 Å². The SMILES string of the molecule is CC(C)OCCS(=O)(=O)N1CC(CBr)OC(C)(C)C1. The van der Waals surface area contributed by atoms with E-state index in [1.54, 1.807) is 0 Å². The van der Waals surface area contributed by atoms with Crippen molar-refractivity contribution in [3.05, 3.63) is 0 Å². The van der Waals surface area contributed by atoms with Crippen molar-refractivity contribution >= 4 is 26.0 Å². The second-order valence-corrected chi connectivity index (χ2v) is 8.42. The number of morpholine rings is 1. The van der Waals surface area contributed by atoms with Crippen molar-refractivity contribution in [3.63, 3.8) is 0 Å². The molecule has 7 heteroatoms. The molecule has 0 spiro atoms. The van der Waals surface area contributed by atoms with Crippen LogP contribution in [0.3, 0.4) is 0 Å². The van der Waals surface area contributed by atoms with Crippen molar-refractivity contribution in [1.29, 1.82) is 0 Å². The van der Waals surface area contributed by atoms with Crippen LogP contribution in [-0.2, 0) is 19.5 Å². The first-order valence-corrected chi connectivity index (χ1v) is 9.22. The Balaban J connectivity index is 2.66. The third kappa shape index (κ3) is 5.67. The lowest BCUT2D eigenvalue weighted by molar-refractivity contribution is -0.107. The van der Waals surface area contributed by atoms with E-state index < -0.39 is 15.6 Å². The molecule has 1 aliphatic heterocycles. The summed E-state index contributed by atoms with van der Waals surface area (Å²) in [6.45, 7) is 8.64. The van der Waals surface area contributed by atoms with Gasteiger partial charge in [0.25, 0.3) is 0 Å². The molecule has 1 heterocycles. The van der Waals surface area contributed by atoms with Crippen LogP contribution < -0.4 is 0 Å². The molecule has 0 aromatic heterocycles. The fraction of sp³-hybridized carbons (Fsp3) is 1.00. The molecule has 0 bridgehead atoms. The highest BCUT2D eigenvalue weighted by Gasteiger charge is 2.38. The van der Waals surface area contributed by atoms with Crippen LogP contribution in [-0.4, -0.2) is 61.3 Å².